The summed E-state index contributed by atoms with van der Waals surface area (Å²) in [5, 5.41) is 4.77. The van der Waals surface area contributed by atoms with Crippen LogP contribution in [0.15, 0.2) is 11.2 Å². The lowest BCUT2D eigenvalue weighted by molar-refractivity contribution is 0.151. The normalized spacial score (nSPS) is 19.8. The molecule has 0 bridgehead atoms. The van der Waals surface area contributed by atoms with Crippen LogP contribution >= 0.6 is 35.3 Å². The molecule has 2 fully saturated rings. The molecular weight excluding hydrogens is 419 g/mol. The zero-order valence-corrected chi connectivity index (χ0v) is 17.6. The first-order valence-electron chi connectivity index (χ1n) is 8.49. The van der Waals surface area contributed by atoms with Crippen LogP contribution in [0, 0.1) is 11.3 Å². The third-order valence-corrected chi connectivity index (χ3v) is 5.99. The van der Waals surface area contributed by atoms with Gasteiger partial charge in [-0.05, 0) is 30.6 Å². The number of halogens is 1. The summed E-state index contributed by atoms with van der Waals surface area (Å²) in [4.78, 5) is 12.7. The Bertz CT molecular complexity index is 536. The summed E-state index contributed by atoms with van der Waals surface area (Å²) in [6, 6.07) is 0. The van der Waals surface area contributed by atoms with Gasteiger partial charge in [-0.3, -0.25) is 4.99 Å². The fourth-order valence-electron chi connectivity index (χ4n) is 3.57. The van der Waals surface area contributed by atoms with Crippen LogP contribution in [0.4, 0.5) is 0 Å². The van der Waals surface area contributed by atoms with Gasteiger partial charge in [-0.2, -0.15) is 0 Å². The van der Waals surface area contributed by atoms with Gasteiger partial charge in [-0.25, -0.2) is 4.98 Å². The van der Waals surface area contributed by atoms with Gasteiger partial charge in [0.15, 0.2) is 5.96 Å². The van der Waals surface area contributed by atoms with Crippen LogP contribution in [-0.4, -0.2) is 36.0 Å². The van der Waals surface area contributed by atoms with Crippen molar-refractivity contribution in [2.24, 2.45) is 16.3 Å². The first kappa shape index (κ1) is 19.0. The lowest BCUT2D eigenvalue weighted by Crippen LogP contribution is -2.42. The molecule has 1 aromatic rings. The number of rotatable bonds is 4. The number of aliphatic imine (C=N–C) groups is 1. The molecular formula is C17H29IN4S. The van der Waals surface area contributed by atoms with Crippen LogP contribution in [-0.2, 0) is 13.0 Å². The topological polar surface area (TPSA) is 40.5 Å². The molecule has 2 aliphatic rings. The summed E-state index contributed by atoms with van der Waals surface area (Å²) in [6.45, 7) is 7.66. The maximum atomic E-state index is 4.53. The number of likely N-dealkylation sites (tertiary alicyclic amines) is 1. The van der Waals surface area contributed by atoms with E-state index in [-0.39, 0.29) is 24.0 Å². The zero-order valence-electron chi connectivity index (χ0n) is 14.5. The van der Waals surface area contributed by atoms with Crippen molar-refractivity contribution < 1.29 is 0 Å². The Hall–Kier alpha value is -0.370. The van der Waals surface area contributed by atoms with Gasteiger partial charge in [-0.1, -0.05) is 20.3 Å². The molecule has 1 aromatic heterocycles. The largest absolute Gasteiger partial charge is 0.351 e. The van der Waals surface area contributed by atoms with Crippen LogP contribution in [0.5, 0.6) is 0 Å². The van der Waals surface area contributed by atoms with Crippen LogP contribution < -0.4 is 5.32 Å². The van der Waals surface area contributed by atoms with Crippen molar-refractivity contribution in [3.63, 3.8) is 0 Å². The molecule has 0 radical (unpaired) electrons. The van der Waals surface area contributed by atoms with Crippen molar-refractivity contribution in [1.82, 2.24) is 15.2 Å². The second-order valence-electron chi connectivity index (χ2n) is 7.24. The first-order chi connectivity index (χ1) is 10.6. The number of nitrogens with zero attached hydrogens (tertiary/aromatic N) is 3. The average Bonchev–Trinajstić information content (AvgIpc) is 3.06. The van der Waals surface area contributed by atoms with Crippen molar-refractivity contribution in [2.45, 2.75) is 52.5 Å². The van der Waals surface area contributed by atoms with E-state index in [4.69, 9.17) is 0 Å². The number of hydrogen-bond acceptors (Lipinski definition) is 3. The second-order valence-corrected chi connectivity index (χ2v) is 8.44. The fourth-order valence-corrected chi connectivity index (χ4v) is 4.65. The standard InChI is InChI=1S/C17H28N4S.HI/c1-13(2)9-15-19-10-14(22-15)11-20-16(18-3)21-8-7-17(12-21)5-4-6-17;/h10,13H,4-9,11-12H2,1-3H3,(H,18,20);1H. The molecule has 0 aromatic carbocycles. The Morgan fingerprint density at radius 2 is 2.22 bits per heavy atom. The minimum atomic E-state index is 0. The summed E-state index contributed by atoms with van der Waals surface area (Å²) in [5.74, 6) is 1.73. The van der Waals surface area contributed by atoms with Crippen molar-refractivity contribution in [1.29, 1.82) is 0 Å². The molecule has 1 aliphatic heterocycles. The minimum Gasteiger partial charge on any atom is -0.351 e. The van der Waals surface area contributed by atoms with Crippen LogP contribution in [0.3, 0.4) is 0 Å². The maximum Gasteiger partial charge on any atom is 0.193 e. The summed E-state index contributed by atoms with van der Waals surface area (Å²) in [6.07, 6.45) is 8.67. The quantitative estimate of drug-likeness (QED) is 0.432. The molecule has 6 heteroatoms. The van der Waals surface area contributed by atoms with Crippen molar-refractivity contribution in [2.75, 3.05) is 20.1 Å². The van der Waals surface area contributed by atoms with Crippen LogP contribution in [0.2, 0.25) is 0 Å². The predicted octanol–water partition coefficient (Wildman–Crippen LogP) is 3.91. The lowest BCUT2D eigenvalue weighted by Gasteiger charge is -2.38. The summed E-state index contributed by atoms with van der Waals surface area (Å²) < 4.78 is 0. The highest BCUT2D eigenvalue weighted by atomic mass is 127. The molecule has 2 heterocycles. The lowest BCUT2D eigenvalue weighted by atomic mass is 9.68. The highest BCUT2D eigenvalue weighted by molar-refractivity contribution is 14.0. The molecule has 1 aliphatic carbocycles. The molecule has 130 valence electrons. The van der Waals surface area contributed by atoms with Crippen LogP contribution in [0.1, 0.15) is 49.4 Å². The van der Waals surface area contributed by atoms with Crippen molar-refractivity contribution in [3.8, 4) is 0 Å². The Balaban J connectivity index is 0.00000192. The van der Waals surface area contributed by atoms with Gasteiger partial charge in [-0.15, -0.1) is 35.3 Å². The van der Waals surface area contributed by atoms with E-state index < -0.39 is 0 Å². The van der Waals surface area contributed by atoms with E-state index in [9.17, 15) is 0 Å². The molecule has 3 rings (SSSR count). The predicted molar refractivity (Wildman–Crippen MR) is 109 cm³/mol. The molecule has 0 unspecified atom stereocenters. The monoisotopic (exact) mass is 448 g/mol. The summed E-state index contributed by atoms with van der Waals surface area (Å²) in [5.41, 5.74) is 0.618. The van der Waals surface area contributed by atoms with Crippen LogP contribution in [0.25, 0.3) is 0 Å². The third-order valence-electron chi connectivity index (χ3n) is 4.97. The molecule has 23 heavy (non-hydrogen) atoms. The van der Waals surface area contributed by atoms with E-state index in [0.717, 1.165) is 25.5 Å². The number of hydrogen-bond donors (Lipinski definition) is 1. The molecule has 4 nitrogen and oxygen atoms in total. The maximum absolute atomic E-state index is 4.53. The molecule has 1 N–H and O–H groups in total. The van der Waals surface area contributed by atoms with Gasteiger partial charge in [0.05, 0.1) is 11.6 Å². The second kappa shape index (κ2) is 8.14. The van der Waals surface area contributed by atoms with E-state index in [1.165, 1.54) is 42.1 Å². The molecule has 1 spiro atoms. The van der Waals surface area contributed by atoms with Gasteiger partial charge in [0, 0.05) is 37.6 Å². The van der Waals surface area contributed by atoms with Gasteiger partial charge in [0.2, 0.25) is 0 Å². The SMILES string of the molecule is CN=C(NCc1cnc(CC(C)C)s1)N1CCC2(CCC2)C1.I. The third kappa shape index (κ3) is 4.59. The summed E-state index contributed by atoms with van der Waals surface area (Å²) in [7, 11) is 1.89. The summed E-state index contributed by atoms with van der Waals surface area (Å²) >= 11 is 1.82. The van der Waals surface area contributed by atoms with Gasteiger partial charge in [0.1, 0.15) is 0 Å². The molecule has 1 saturated heterocycles. The number of guanidine groups is 1. The Morgan fingerprint density at radius 1 is 1.43 bits per heavy atom. The van der Waals surface area contributed by atoms with Gasteiger partial charge < -0.3 is 10.2 Å². The van der Waals surface area contributed by atoms with E-state index in [1.807, 2.05) is 24.6 Å². The smallest absolute Gasteiger partial charge is 0.193 e. The van der Waals surface area contributed by atoms with Gasteiger partial charge >= 0.3 is 0 Å². The highest BCUT2D eigenvalue weighted by Gasteiger charge is 2.43. The van der Waals surface area contributed by atoms with Crippen molar-refractivity contribution in [3.05, 3.63) is 16.1 Å². The highest BCUT2D eigenvalue weighted by Crippen LogP contribution is 2.47. The fraction of sp³-hybridized carbons (Fsp3) is 0.765. The first-order valence-corrected chi connectivity index (χ1v) is 9.31. The number of thiazole rings is 1. The molecule has 0 atom stereocenters. The van der Waals surface area contributed by atoms with E-state index in [2.05, 4.69) is 34.0 Å². The van der Waals surface area contributed by atoms with Crippen molar-refractivity contribution >= 4 is 41.3 Å². The Kier molecular flexibility index (Phi) is 6.71. The van der Waals surface area contributed by atoms with Gasteiger partial charge in [0.25, 0.3) is 0 Å². The number of nitrogens with one attached hydrogen (secondary N) is 1. The number of aromatic nitrogens is 1. The molecule has 1 saturated carbocycles. The average molecular weight is 448 g/mol. The van der Waals surface area contributed by atoms with E-state index in [0.29, 0.717) is 11.3 Å². The zero-order chi connectivity index (χ0) is 15.6. The minimum absolute atomic E-state index is 0. The van der Waals surface area contributed by atoms with E-state index >= 15 is 0 Å². The Morgan fingerprint density at radius 3 is 2.78 bits per heavy atom. The van der Waals surface area contributed by atoms with E-state index in [1.54, 1.807) is 0 Å². The molecule has 0 amide bonds. The Labute approximate surface area is 161 Å².